The Kier molecular flexibility index (Phi) is 6.67. The van der Waals surface area contributed by atoms with Gasteiger partial charge in [0.25, 0.3) is 0 Å². The van der Waals surface area contributed by atoms with Crippen molar-refractivity contribution in [3.8, 4) is 0 Å². The van der Waals surface area contributed by atoms with Gasteiger partial charge in [-0.25, -0.2) is 0 Å². The number of hydrogen-bond donors (Lipinski definition) is 1. The van der Waals surface area contributed by atoms with Gasteiger partial charge in [0.2, 0.25) is 5.91 Å². The zero-order valence-corrected chi connectivity index (χ0v) is 18.0. The van der Waals surface area contributed by atoms with E-state index < -0.39 is 0 Å². The summed E-state index contributed by atoms with van der Waals surface area (Å²) in [7, 11) is 4.25. The van der Waals surface area contributed by atoms with Crippen LogP contribution in [0.5, 0.6) is 0 Å². The Bertz CT molecular complexity index is 858. The van der Waals surface area contributed by atoms with Gasteiger partial charge in [0.1, 0.15) is 0 Å². The van der Waals surface area contributed by atoms with Crippen molar-refractivity contribution in [3.05, 3.63) is 59.7 Å². The van der Waals surface area contributed by atoms with Gasteiger partial charge in [-0.3, -0.25) is 9.69 Å². The number of benzene rings is 2. The predicted octanol–water partition coefficient (Wildman–Crippen LogP) is 2.80. The summed E-state index contributed by atoms with van der Waals surface area (Å²) in [5.41, 5.74) is 4.64. The molecule has 1 N–H and O–H groups in total. The molecule has 2 aliphatic heterocycles. The summed E-state index contributed by atoms with van der Waals surface area (Å²) >= 11 is 0. The molecule has 2 aliphatic rings. The first-order valence-corrected chi connectivity index (χ1v) is 10.8. The highest BCUT2D eigenvalue weighted by atomic mass is 16.5. The van der Waals surface area contributed by atoms with Crippen molar-refractivity contribution in [3.63, 3.8) is 0 Å². The van der Waals surface area contributed by atoms with Gasteiger partial charge in [-0.15, -0.1) is 0 Å². The summed E-state index contributed by atoms with van der Waals surface area (Å²) in [4.78, 5) is 19.6. The maximum Gasteiger partial charge on any atom is 0.227 e. The third-order valence-electron chi connectivity index (χ3n) is 5.92. The monoisotopic (exact) mass is 408 g/mol. The minimum Gasteiger partial charge on any atom is -0.375 e. The highest BCUT2D eigenvalue weighted by molar-refractivity contribution is 5.91. The molecule has 6 nitrogen and oxygen atoms in total. The van der Waals surface area contributed by atoms with E-state index in [4.69, 9.17) is 4.74 Å². The molecule has 160 valence electrons. The van der Waals surface area contributed by atoms with Crippen LogP contribution in [0.15, 0.2) is 48.5 Å². The first-order chi connectivity index (χ1) is 14.6. The molecule has 0 radical (unpaired) electrons. The molecule has 0 aliphatic carbocycles. The topological polar surface area (TPSA) is 48.0 Å². The molecule has 0 saturated carbocycles. The number of amides is 1. The molecule has 30 heavy (non-hydrogen) atoms. The lowest BCUT2D eigenvalue weighted by atomic mass is 10.1. The fraction of sp³-hybridized carbons (Fsp3) is 0.458. The number of rotatable bonds is 5. The van der Waals surface area contributed by atoms with Crippen LogP contribution < -0.4 is 10.2 Å². The molecule has 2 aromatic rings. The third-order valence-corrected chi connectivity index (χ3v) is 5.92. The smallest absolute Gasteiger partial charge is 0.227 e. The van der Waals surface area contributed by atoms with Crippen molar-refractivity contribution in [2.75, 3.05) is 57.1 Å². The number of carbonyl (C=O) groups excluding carboxylic acids is 1. The predicted molar refractivity (Wildman–Crippen MR) is 121 cm³/mol. The average molecular weight is 409 g/mol. The highest BCUT2D eigenvalue weighted by Crippen LogP contribution is 2.27. The molecule has 1 atom stereocenters. The average Bonchev–Trinajstić information content (AvgIpc) is 2.87. The summed E-state index contributed by atoms with van der Waals surface area (Å²) in [6, 6.07) is 16.7. The molecule has 0 aromatic heterocycles. The molecule has 0 spiro atoms. The second kappa shape index (κ2) is 9.60. The Morgan fingerprint density at radius 1 is 1.10 bits per heavy atom. The maximum atomic E-state index is 12.7. The fourth-order valence-electron chi connectivity index (χ4n) is 4.25. The van der Waals surface area contributed by atoms with Gasteiger partial charge in [0.05, 0.1) is 19.1 Å². The van der Waals surface area contributed by atoms with E-state index >= 15 is 0 Å². The quantitative estimate of drug-likeness (QED) is 0.825. The van der Waals surface area contributed by atoms with Gasteiger partial charge in [0.15, 0.2) is 0 Å². The molecule has 0 bridgehead atoms. The summed E-state index contributed by atoms with van der Waals surface area (Å²) in [5, 5.41) is 3.08. The van der Waals surface area contributed by atoms with Crippen molar-refractivity contribution in [1.29, 1.82) is 0 Å². The van der Waals surface area contributed by atoms with Crippen molar-refractivity contribution < 1.29 is 9.53 Å². The van der Waals surface area contributed by atoms with Crippen LogP contribution in [0, 0.1) is 0 Å². The summed E-state index contributed by atoms with van der Waals surface area (Å²) in [6.45, 7) is 6.19. The Morgan fingerprint density at radius 2 is 1.93 bits per heavy atom. The maximum absolute atomic E-state index is 12.7. The second-order valence-electron chi connectivity index (χ2n) is 8.47. The van der Waals surface area contributed by atoms with E-state index in [0.717, 1.165) is 45.0 Å². The molecule has 0 unspecified atom stereocenters. The van der Waals surface area contributed by atoms with E-state index in [-0.39, 0.29) is 12.0 Å². The molecule has 2 heterocycles. The van der Waals surface area contributed by atoms with Crippen molar-refractivity contribution >= 4 is 17.3 Å². The molecule has 6 heteroatoms. The number of fused-ring (bicyclic) bond motifs is 1. The molecular formula is C24H32N4O2. The van der Waals surface area contributed by atoms with Crippen LogP contribution in [0.1, 0.15) is 17.5 Å². The van der Waals surface area contributed by atoms with Crippen LogP contribution in [-0.2, 0) is 22.6 Å². The lowest BCUT2D eigenvalue weighted by Crippen LogP contribution is -2.43. The number of nitrogens with zero attached hydrogens (tertiary/aromatic N) is 3. The molecule has 1 saturated heterocycles. The Labute approximate surface area is 179 Å². The number of hydrogen-bond acceptors (Lipinski definition) is 5. The lowest BCUT2D eigenvalue weighted by Gasteiger charge is -2.32. The van der Waals surface area contributed by atoms with Gasteiger partial charge in [-0.05, 0) is 30.3 Å². The number of anilines is 2. The SMILES string of the molecule is CN1CCN(C)c2cc(NC(=O)C[C@H]3CN(Cc4ccccc4)CCO3)ccc2C1. The largest absolute Gasteiger partial charge is 0.375 e. The minimum atomic E-state index is -0.0698. The van der Waals surface area contributed by atoms with Crippen molar-refractivity contribution in [2.24, 2.45) is 0 Å². The number of ether oxygens (including phenoxy) is 1. The molecular weight excluding hydrogens is 376 g/mol. The van der Waals surface area contributed by atoms with Crippen LogP contribution in [0.4, 0.5) is 11.4 Å². The summed E-state index contributed by atoms with van der Waals surface area (Å²) < 4.78 is 5.87. The second-order valence-corrected chi connectivity index (χ2v) is 8.47. The first kappa shape index (κ1) is 20.8. The minimum absolute atomic E-state index is 0.00917. The number of morpholine rings is 1. The molecule has 1 amide bonds. The van der Waals surface area contributed by atoms with Gasteiger partial charge in [0, 0.05) is 57.7 Å². The Hall–Kier alpha value is -2.41. The lowest BCUT2D eigenvalue weighted by molar-refractivity contribution is -0.121. The normalized spacial score (nSPS) is 20.5. The van der Waals surface area contributed by atoms with Gasteiger partial charge in [-0.2, -0.15) is 0 Å². The zero-order valence-electron chi connectivity index (χ0n) is 18.0. The Morgan fingerprint density at radius 3 is 2.77 bits per heavy atom. The van der Waals surface area contributed by atoms with E-state index in [1.165, 1.54) is 16.8 Å². The van der Waals surface area contributed by atoms with Crippen LogP contribution in [0.25, 0.3) is 0 Å². The standard InChI is InChI=1S/C24H32N4O2/c1-26-10-11-27(2)23-14-21(9-8-20(23)17-26)25-24(29)15-22-18-28(12-13-30-22)16-19-6-4-3-5-7-19/h3-9,14,22H,10-13,15-18H2,1-2H3,(H,25,29)/t22-/m0/s1. The van der Waals surface area contributed by atoms with E-state index in [0.29, 0.717) is 13.0 Å². The van der Waals surface area contributed by atoms with Gasteiger partial charge < -0.3 is 19.9 Å². The van der Waals surface area contributed by atoms with E-state index in [2.05, 4.69) is 70.5 Å². The summed E-state index contributed by atoms with van der Waals surface area (Å²) in [6.07, 6.45) is 0.306. The van der Waals surface area contributed by atoms with Crippen molar-refractivity contribution in [2.45, 2.75) is 25.6 Å². The summed E-state index contributed by atoms with van der Waals surface area (Å²) in [5.74, 6) is 0.00917. The van der Waals surface area contributed by atoms with Crippen molar-refractivity contribution in [1.82, 2.24) is 9.80 Å². The van der Waals surface area contributed by atoms with Gasteiger partial charge >= 0.3 is 0 Å². The number of likely N-dealkylation sites (N-methyl/N-ethyl adjacent to an activating group) is 2. The van der Waals surface area contributed by atoms with Gasteiger partial charge in [-0.1, -0.05) is 36.4 Å². The zero-order chi connectivity index (χ0) is 20.9. The highest BCUT2D eigenvalue weighted by Gasteiger charge is 2.23. The first-order valence-electron chi connectivity index (χ1n) is 10.8. The van der Waals surface area contributed by atoms with Crippen LogP contribution >= 0.6 is 0 Å². The number of carbonyl (C=O) groups is 1. The fourth-order valence-corrected chi connectivity index (χ4v) is 4.25. The molecule has 2 aromatic carbocycles. The van der Waals surface area contributed by atoms with E-state index in [9.17, 15) is 4.79 Å². The van der Waals surface area contributed by atoms with Crippen LogP contribution in [-0.4, -0.2) is 68.7 Å². The van der Waals surface area contributed by atoms with Crippen LogP contribution in [0.2, 0.25) is 0 Å². The van der Waals surface area contributed by atoms with E-state index in [1.54, 1.807) is 0 Å². The molecule has 4 rings (SSSR count). The number of nitrogens with one attached hydrogen (secondary N) is 1. The molecule has 1 fully saturated rings. The third kappa shape index (κ3) is 5.39. The Balaban J connectivity index is 1.33. The van der Waals surface area contributed by atoms with E-state index in [1.807, 2.05) is 12.1 Å². The van der Waals surface area contributed by atoms with Crippen LogP contribution in [0.3, 0.4) is 0 Å².